The van der Waals surface area contributed by atoms with Gasteiger partial charge in [0.25, 0.3) is 5.91 Å². The average molecular weight is 356 g/mol. The number of carbonyl (C=O) groups is 3. The lowest BCUT2D eigenvalue weighted by Crippen LogP contribution is -2.70. The van der Waals surface area contributed by atoms with E-state index >= 15 is 0 Å². The largest absolute Gasteiger partial charge is 0.480 e. The molecule has 128 valence electrons. The van der Waals surface area contributed by atoms with Gasteiger partial charge in [0.15, 0.2) is 0 Å². The van der Waals surface area contributed by atoms with Crippen molar-refractivity contribution in [2.24, 2.45) is 0 Å². The molecule has 0 radical (unpaired) electrons. The van der Waals surface area contributed by atoms with Crippen molar-refractivity contribution in [2.75, 3.05) is 0 Å². The van der Waals surface area contributed by atoms with Gasteiger partial charge in [0.05, 0.1) is 0 Å². The lowest BCUT2D eigenvalue weighted by Gasteiger charge is -2.43. The van der Waals surface area contributed by atoms with Crippen molar-refractivity contribution in [3.63, 3.8) is 0 Å². The molecule has 2 N–H and O–H groups in total. The van der Waals surface area contributed by atoms with Crippen molar-refractivity contribution >= 4 is 29.5 Å². The number of halogens is 2. The van der Waals surface area contributed by atoms with Crippen LogP contribution in [0, 0.1) is 11.6 Å². The Bertz CT molecular complexity index is 735. The number of aliphatic carboxylic acids is 1. The minimum Gasteiger partial charge on any atom is -0.480 e. The van der Waals surface area contributed by atoms with E-state index in [1.807, 2.05) is 0 Å². The second-order valence-corrected chi connectivity index (χ2v) is 7.92. The van der Waals surface area contributed by atoms with Gasteiger partial charge in [-0.25, -0.2) is 13.6 Å². The third kappa shape index (κ3) is 2.34. The third-order valence-electron chi connectivity index (χ3n) is 4.15. The first kappa shape index (κ1) is 16.7. The highest BCUT2D eigenvalue weighted by Gasteiger charge is 2.64. The fourth-order valence-corrected chi connectivity index (χ4v) is 4.70. The lowest BCUT2D eigenvalue weighted by molar-refractivity contribution is -0.159. The van der Waals surface area contributed by atoms with Crippen LogP contribution in [0.25, 0.3) is 0 Å². The zero-order valence-corrected chi connectivity index (χ0v) is 13.6. The maximum atomic E-state index is 13.7. The monoisotopic (exact) mass is 356 g/mol. The lowest BCUT2D eigenvalue weighted by atomic mass is 9.96. The number of amides is 2. The number of nitrogens with zero attached hydrogens (tertiary/aromatic N) is 1. The normalized spacial score (nSPS) is 27.4. The van der Waals surface area contributed by atoms with Crippen LogP contribution in [-0.4, -0.2) is 50.0 Å². The Labute approximate surface area is 140 Å². The van der Waals surface area contributed by atoms with Gasteiger partial charge in [-0.2, -0.15) is 0 Å². The van der Waals surface area contributed by atoms with Crippen molar-refractivity contribution in [1.29, 1.82) is 0 Å². The quantitative estimate of drug-likeness (QED) is 0.795. The van der Waals surface area contributed by atoms with E-state index in [2.05, 4.69) is 5.32 Å². The fraction of sp³-hybridized carbons (Fsp3) is 0.400. The molecule has 3 rings (SSSR count). The summed E-state index contributed by atoms with van der Waals surface area (Å²) in [7, 11) is 0. The molecule has 9 heteroatoms. The highest BCUT2D eigenvalue weighted by Crippen LogP contribution is 2.50. The molecule has 0 unspecified atom stereocenters. The van der Waals surface area contributed by atoms with Gasteiger partial charge in [0.2, 0.25) is 5.91 Å². The first-order valence-corrected chi connectivity index (χ1v) is 8.01. The van der Waals surface area contributed by atoms with E-state index in [0.717, 1.165) is 18.2 Å². The molecule has 24 heavy (non-hydrogen) atoms. The Hall–Kier alpha value is -2.16. The summed E-state index contributed by atoms with van der Waals surface area (Å²) in [6.07, 6.45) is 0. The topological polar surface area (TPSA) is 86.7 Å². The molecule has 2 aliphatic rings. The summed E-state index contributed by atoms with van der Waals surface area (Å²) in [6, 6.07) is 0.995. The first-order valence-electron chi connectivity index (χ1n) is 7.13. The van der Waals surface area contributed by atoms with E-state index in [9.17, 15) is 28.3 Å². The van der Waals surface area contributed by atoms with E-state index in [0.29, 0.717) is 0 Å². The number of hydrogen-bond donors (Lipinski definition) is 2. The summed E-state index contributed by atoms with van der Waals surface area (Å²) in [5.41, 5.74) is -0.763. The third-order valence-corrected chi connectivity index (χ3v) is 5.72. The molecule has 2 fully saturated rings. The molecule has 0 spiro atoms. The van der Waals surface area contributed by atoms with E-state index in [4.69, 9.17) is 0 Å². The molecule has 6 nitrogen and oxygen atoms in total. The molecule has 0 bridgehead atoms. The number of thioether (sulfide) groups is 1. The molecule has 2 saturated heterocycles. The SMILES string of the molecule is CC1(C)S[C@@H]2[C@H](NC(=O)c3c(F)cccc3F)C(=O)N2[C@@H]1C(=O)O. The number of carboxylic acids is 1. The predicted octanol–water partition coefficient (Wildman–Crippen LogP) is 1.21. The van der Waals surface area contributed by atoms with Gasteiger partial charge >= 0.3 is 5.97 Å². The van der Waals surface area contributed by atoms with Crippen LogP contribution in [0.15, 0.2) is 18.2 Å². The zero-order valence-electron chi connectivity index (χ0n) is 12.7. The minimum atomic E-state index is -1.13. The molecule has 2 amide bonds. The first-order chi connectivity index (χ1) is 11.1. The van der Waals surface area contributed by atoms with Gasteiger partial charge in [0.1, 0.15) is 34.7 Å². The number of fused-ring (bicyclic) bond motifs is 1. The Balaban J connectivity index is 1.81. The van der Waals surface area contributed by atoms with Crippen LogP contribution in [0.2, 0.25) is 0 Å². The van der Waals surface area contributed by atoms with Crippen molar-refractivity contribution < 1.29 is 28.3 Å². The Morgan fingerprint density at radius 2 is 1.88 bits per heavy atom. The van der Waals surface area contributed by atoms with E-state index in [-0.39, 0.29) is 0 Å². The second-order valence-electron chi connectivity index (χ2n) is 6.15. The number of hydrogen-bond acceptors (Lipinski definition) is 4. The van der Waals surface area contributed by atoms with Crippen LogP contribution in [0.5, 0.6) is 0 Å². The molecule has 0 aromatic heterocycles. The molecule has 0 aliphatic carbocycles. The molecule has 1 aromatic carbocycles. The zero-order chi connectivity index (χ0) is 17.8. The molecule has 3 atom stereocenters. The standard InChI is InChI=1S/C15H14F2N2O4S/c1-15(2)10(14(22)23)19-12(21)9(13(19)24-15)18-11(20)8-6(16)4-3-5-7(8)17/h3-5,9-10,13H,1-2H3,(H,18,20)(H,22,23)/t9-,10-,13-/m1/s1. The molecule has 0 saturated carbocycles. The van der Waals surface area contributed by atoms with Crippen LogP contribution in [-0.2, 0) is 9.59 Å². The molecule has 2 aliphatic heterocycles. The average Bonchev–Trinajstić information content (AvgIpc) is 2.73. The van der Waals surface area contributed by atoms with E-state index in [1.54, 1.807) is 13.8 Å². The Morgan fingerprint density at radius 1 is 1.29 bits per heavy atom. The highest BCUT2D eigenvalue weighted by molar-refractivity contribution is 8.01. The predicted molar refractivity (Wildman–Crippen MR) is 81.3 cm³/mol. The van der Waals surface area contributed by atoms with Gasteiger partial charge in [0, 0.05) is 4.75 Å². The van der Waals surface area contributed by atoms with Crippen molar-refractivity contribution in [2.45, 2.75) is 36.1 Å². The van der Waals surface area contributed by atoms with E-state index < -0.39 is 57.2 Å². The number of nitrogens with one attached hydrogen (secondary N) is 1. The molecule has 2 heterocycles. The molecule has 1 aromatic rings. The van der Waals surface area contributed by atoms with Crippen molar-refractivity contribution in [3.8, 4) is 0 Å². The number of β-lactam (4-membered cyclic amide) rings is 1. The summed E-state index contributed by atoms with van der Waals surface area (Å²) < 4.78 is 26.6. The minimum absolute atomic E-state index is 0.574. The van der Waals surface area contributed by atoms with Crippen molar-refractivity contribution in [3.05, 3.63) is 35.4 Å². The fourth-order valence-electron chi connectivity index (χ4n) is 3.07. The summed E-state index contributed by atoms with van der Waals surface area (Å²) in [4.78, 5) is 36.9. The molecular weight excluding hydrogens is 342 g/mol. The maximum Gasteiger partial charge on any atom is 0.327 e. The number of rotatable bonds is 3. The number of benzene rings is 1. The van der Waals surface area contributed by atoms with Gasteiger partial charge in [-0.15, -0.1) is 11.8 Å². The maximum absolute atomic E-state index is 13.7. The van der Waals surface area contributed by atoms with Crippen LogP contribution in [0.4, 0.5) is 8.78 Å². The number of carbonyl (C=O) groups excluding carboxylic acids is 2. The highest BCUT2D eigenvalue weighted by atomic mass is 32.2. The smallest absolute Gasteiger partial charge is 0.327 e. The van der Waals surface area contributed by atoms with E-state index in [1.165, 1.54) is 16.7 Å². The summed E-state index contributed by atoms with van der Waals surface area (Å²) in [6.45, 7) is 3.38. The summed E-state index contributed by atoms with van der Waals surface area (Å²) >= 11 is 1.23. The Kier molecular flexibility index (Phi) is 3.78. The van der Waals surface area contributed by atoms with Gasteiger partial charge in [-0.1, -0.05) is 6.07 Å². The van der Waals surface area contributed by atoms with Crippen LogP contribution >= 0.6 is 11.8 Å². The van der Waals surface area contributed by atoms with Crippen LogP contribution in [0.1, 0.15) is 24.2 Å². The molecular formula is C15H14F2N2O4S. The van der Waals surface area contributed by atoms with Crippen LogP contribution in [0.3, 0.4) is 0 Å². The number of carboxylic acid groups (broad SMARTS) is 1. The van der Waals surface area contributed by atoms with Gasteiger partial charge in [-0.3, -0.25) is 9.59 Å². The van der Waals surface area contributed by atoms with Crippen LogP contribution < -0.4 is 5.32 Å². The van der Waals surface area contributed by atoms with Crippen molar-refractivity contribution in [1.82, 2.24) is 10.2 Å². The Morgan fingerprint density at radius 3 is 2.42 bits per heavy atom. The van der Waals surface area contributed by atoms with Gasteiger partial charge in [-0.05, 0) is 26.0 Å². The second kappa shape index (κ2) is 5.44. The van der Waals surface area contributed by atoms with Gasteiger partial charge < -0.3 is 15.3 Å². The summed E-state index contributed by atoms with van der Waals surface area (Å²) in [5, 5.41) is 11.0. The summed E-state index contributed by atoms with van der Waals surface area (Å²) in [5.74, 6) is -4.80.